The van der Waals surface area contributed by atoms with Crippen LogP contribution in [0.15, 0.2) is 33.9 Å². The van der Waals surface area contributed by atoms with Crippen molar-refractivity contribution in [1.29, 1.82) is 0 Å². The van der Waals surface area contributed by atoms with E-state index in [1.807, 2.05) is 13.8 Å². The van der Waals surface area contributed by atoms with Crippen molar-refractivity contribution in [2.75, 3.05) is 5.75 Å². The predicted octanol–water partition coefficient (Wildman–Crippen LogP) is 2.65. The van der Waals surface area contributed by atoms with Gasteiger partial charge in [0.25, 0.3) is 10.9 Å². The lowest BCUT2D eigenvalue weighted by molar-refractivity contribution is -0.384. The lowest BCUT2D eigenvalue weighted by atomic mass is 10.2. The number of nitrogens with zero attached hydrogens (tertiary/aromatic N) is 3. The lowest BCUT2D eigenvalue weighted by Gasteiger charge is -2.09. The molecule has 0 aliphatic rings. The van der Waals surface area contributed by atoms with Gasteiger partial charge in [-0.25, -0.2) is 0 Å². The molecule has 0 bridgehead atoms. The number of hydrogen-bond acceptors (Lipinski definition) is 7. The molecule has 0 radical (unpaired) electrons. The maximum absolute atomic E-state index is 11.7. The van der Waals surface area contributed by atoms with Crippen molar-refractivity contribution in [3.05, 3.63) is 34.4 Å². The highest BCUT2D eigenvalue weighted by atomic mass is 32.2. The molecule has 0 fully saturated rings. The number of amides is 1. The molecule has 8 nitrogen and oxygen atoms in total. The third-order valence-electron chi connectivity index (χ3n) is 3.06. The summed E-state index contributed by atoms with van der Waals surface area (Å²) >= 11 is 1.12. The first-order valence-corrected chi connectivity index (χ1v) is 7.98. The van der Waals surface area contributed by atoms with Gasteiger partial charge in [-0.2, -0.15) is 0 Å². The van der Waals surface area contributed by atoms with Gasteiger partial charge < -0.3 is 9.73 Å². The molecule has 1 heterocycles. The van der Waals surface area contributed by atoms with Gasteiger partial charge in [-0.1, -0.05) is 24.8 Å². The van der Waals surface area contributed by atoms with Crippen LogP contribution in [0.1, 0.15) is 20.3 Å². The van der Waals surface area contributed by atoms with E-state index < -0.39 is 4.92 Å². The molecule has 1 aromatic carbocycles. The Morgan fingerprint density at radius 2 is 2.26 bits per heavy atom. The maximum Gasteiger partial charge on any atom is 0.277 e. The Kier molecular flexibility index (Phi) is 5.69. The van der Waals surface area contributed by atoms with Gasteiger partial charge in [-0.15, -0.1) is 10.2 Å². The second-order valence-electron chi connectivity index (χ2n) is 4.85. The number of hydrogen-bond donors (Lipinski definition) is 1. The fourth-order valence-corrected chi connectivity index (χ4v) is 2.26. The second kappa shape index (κ2) is 7.73. The van der Waals surface area contributed by atoms with E-state index in [1.54, 1.807) is 12.1 Å². The summed E-state index contributed by atoms with van der Waals surface area (Å²) in [4.78, 5) is 22.0. The SMILES string of the molecule is CCC(C)NC(=O)CSc1nnc(-c2cccc([N+](=O)[O-])c2)o1. The fraction of sp³-hybridized carbons (Fsp3) is 0.357. The van der Waals surface area contributed by atoms with Crippen LogP contribution in [-0.2, 0) is 4.79 Å². The average Bonchev–Trinajstić information content (AvgIpc) is 3.02. The highest BCUT2D eigenvalue weighted by Gasteiger charge is 2.14. The summed E-state index contributed by atoms with van der Waals surface area (Å²) < 4.78 is 5.42. The summed E-state index contributed by atoms with van der Waals surface area (Å²) in [7, 11) is 0. The summed E-state index contributed by atoms with van der Waals surface area (Å²) in [6.07, 6.45) is 0.855. The van der Waals surface area contributed by atoms with Gasteiger partial charge in [0, 0.05) is 23.7 Å². The first-order chi connectivity index (χ1) is 11.0. The number of rotatable bonds is 7. The van der Waals surface area contributed by atoms with Crippen LogP contribution in [0.2, 0.25) is 0 Å². The molecule has 0 saturated carbocycles. The Labute approximate surface area is 136 Å². The quantitative estimate of drug-likeness (QED) is 0.470. The van der Waals surface area contributed by atoms with Crippen LogP contribution in [0.5, 0.6) is 0 Å². The lowest BCUT2D eigenvalue weighted by Crippen LogP contribution is -2.33. The van der Waals surface area contributed by atoms with E-state index in [-0.39, 0.29) is 34.5 Å². The van der Waals surface area contributed by atoms with Crippen LogP contribution in [0, 0.1) is 10.1 Å². The molecule has 1 aromatic heterocycles. The number of carbonyl (C=O) groups excluding carboxylic acids is 1. The second-order valence-corrected chi connectivity index (χ2v) is 5.77. The first-order valence-electron chi connectivity index (χ1n) is 7.00. The molecule has 0 aliphatic heterocycles. The Hall–Kier alpha value is -2.42. The van der Waals surface area contributed by atoms with Crippen LogP contribution in [0.25, 0.3) is 11.5 Å². The number of benzene rings is 1. The van der Waals surface area contributed by atoms with Crippen LogP contribution in [0.4, 0.5) is 5.69 Å². The van der Waals surface area contributed by atoms with Gasteiger partial charge >= 0.3 is 0 Å². The van der Waals surface area contributed by atoms with Crippen molar-refractivity contribution in [3.8, 4) is 11.5 Å². The largest absolute Gasteiger partial charge is 0.411 e. The molecule has 9 heteroatoms. The minimum absolute atomic E-state index is 0.0529. The van der Waals surface area contributed by atoms with E-state index in [1.165, 1.54) is 12.1 Å². The Balaban J connectivity index is 1.99. The van der Waals surface area contributed by atoms with Crippen molar-refractivity contribution >= 4 is 23.4 Å². The molecule has 122 valence electrons. The van der Waals surface area contributed by atoms with Crippen LogP contribution in [0.3, 0.4) is 0 Å². The Bertz CT molecular complexity index is 704. The van der Waals surface area contributed by atoms with Gasteiger partial charge in [0.15, 0.2) is 0 Å². The van der Waals surface area contributed by atoms with Crippen LogP contribution >= 0.6 is 11.8 Å². The average molecular weight is 336 g/mol. The summed E-state index contributed by atoms with van der Waals surface area (Å²) in [5.41, 5.74) is 0.408. The molecule has 1 N–H and O–H groups in total. The van der Waals surface area contributed by atoms with Gasteiger partial charge in [0.2, 0.25) is 11.8 Å². The van der Waals surface area contributed by atoms with E-state index in [0.717, 1.165) is 18.2 Å². The highest BCUT2D eigenvalue weighted by molar-refractivity contribution is 7.99. The zero-order chi connectivity index (χ0) is 16.8. The van der Waals surface area contributed by atoms with Gasteiger partial charge in [-0.3, -0.25) is 14.9 Å². The van der Waals surface area contributed by atoms with Crippen molar-refractivity contribution < 1.29 is 14.1 Å². The maximum atomic E-state index is 11.7. The molecule has 1 atom stereocenters. The highest BCUT2D eigenvalue weighted by Crippen LogP contribution is 2.25. The smallest absolute Gasteiger partial charge is 0.277 e. The van der Waals surface area contributed by atoms with Crippen LogP contribution < -0.4 is 5.32 Å². The number of non-ortho nitro benzene ring substituents is 1. The molecule has 0 saturated heterocycles. The predicted molar refractivity (Wildman–Crippen MR) is 85.0 cm³/mol. The Morgan fingerprint density at radius 1 is 1.48 bits per heavy atom. The van der Waals surface area contributed by atoms with Gasteiger partial charge in [0.05, 0.1) is 10.7 Å². The summed E-state index contributed by atoms with van der Waals surface area (Å²) in [6, 6.07) is 6.05. The molecule has 2 rings (SSSR count). The molecular weight excluding hydrogens is 320 g/mol. The molecular formula is C14H16N4O4S. The number of nitrogens with one attached hydrogen (secondary N) is 1. The summed E-state index contributed by atoms with van der Waals surface area (Å²) in [5.74, 6) is 0.235. The number of nitro benzene ring substituents is 1. The topological polar surface area (TPSA) is 111 Å². The molecule has 1 amide bonds. The number of thioether (sulfide) groups is 1. The van der Waals surface area contributed by atoms with E-state index in [0.29, 0.717) is 5.56 Å². The van der Waals surface area contributed by atoms with E-state index in [4.69, 9.17) is 4.42 Å². The molecule has 23 heavy (non-hydrogen) atoms. The fourth-order valence-electron chi connectivity index (χ4n) is 1.68. The van der Waals surface area contributed by atoms with Crippen molar-refractivity contribution in [2.45, 2.75) is 31.5 Å². The molecule has 2 aromatic rings. The third-order valence-corrected chi connectivity index (χ3v) is 3.88. The molecule has 0 spiro atoms. The van der Waals surface area contributed by atoms with E-state index in [9.17, 15) is 14.9 Å². The first kappa shape index (κ1) is 16.9. The summed E-state index contributed by atoms with van der Waals surface area (Å²) in [6.45, 7) is 3.91. The normalized spacial score (nSPS) is 11.9. The Morgan fingerprint density at radius 3 is 2.96 bits per heavy atom. The molecule has 1 unspecified atom stereocenters. The van der Waals surface area contributed by atoms with Crippen LogP contribution in [-0.4, -0.2) is 32.8 Å². The standard InChI is InChI=1S/C14H16N4O4S/c1-3-9(2)15-12(19)8-23-14-17-16-13(22-14)10-5-4-6-11(7-10)18(20)21/h4-7,9H,3,8H2,1-2H3,(H,15,19). The third kappa shape index (κ3) is 4.78. The minimum atomic E-state index is -0.491. The van der Waals surface area contributed by atoms with Gasteiger partial charge in [-0.05, 0) is 19.4 Å². The minimum Gasteiger partial charge on any atom is -0.411 e. The number of aromatic nitrogens is 2. The van der Waals surface area contributed by atoms with Crippen molar-refractivity contribution in [2.24, 2.45) is 0 Å². The number of nitro groups is 1. The van der Waals surface area contributed by atoms with Crippen molar-refractivity contribution in [1.82, 2.24) is 15.5 Å². The monoisotopic (exact) mass is 336 g/mol. The molecule has 0 aliphatic carbocycles. The van der Waals surface area contributed by atoms with Gasteiger partial charge in [0.1, 0.15) is 0 Å². The summed E-state index contributed by atoms with van der Waals surface area (Å²) in [5, 5.41) is 21.5. The van der Waals surface area contributed by atoms with Crippen molar-refractivity contribution in [3.63, 3.8) is 0 Å². The van der Waals surface area contributed by atoms with E-state index in [2.05, 4.69) is 15.5 Å². The zero-order valence-electron chi connectivity index (χ0n) is 12.7. The zero-order valence-corrected chi connectivity index (χ0v) is 13.5. The van der Waals surface area contributed by atoms with E-state index >= 15 is 0 Å². The number of carbonyl (C=O) groups is 1.